The molecule has 2 radical (unpaired) electrons. The number of benzene rings is 1. The van der Waals surface area contributed by atoms with E-state index in [1.54, 1.807) is 0 Å². The lowest BCUT2D eigenvalue weighted by molar-refractivity contribution is 0.765. The zero-order valence-corrected chi connectivity index (χ0v) is 9.45. The second-order valence-electron chi connectivity index (χ2n) is 3.66. The molecule has 0 saturated carbocycles. The Bertz CT molecular complexity index is 309. The van der Waals surface area contributed by atoms with Gasteiger partial charge < -0.3 is 4.90 Å². The van der Waals surface area contributed by atoms with Crippen molar-refractivity contribution in [3.05, 3.63) is 36.9 Å². The van der Waals surface area contributed by atoms with Gasteiger partial charge in [-0.15, -0.1) is 6.58 Å². The van der Waals surface area contributed by atoms with E-state index in [4.69, 9.17) is 7.85 Å². The minimum absolute atomic E-state index is 0.826. The molecule has 2 heteroatoms. The standard InChI is InChI=1S/C13H18BN/c1-3-5-10-15(9-4-2)13-8-6-7-12(14)11-13/h3,6-8,11H,1,4-5,9-10H2,2H3. The summed E-state index contributed by atoms with van der Waals surface area (Å²) < 4.78 is 0. The summed E-state index contributed by atoms with van der Waals surface area (Å²) in [6, 6.07) is 8.05. The quantitative estimate of drug-likeness (QED) is 0.501. The highest BCUT2D eigenvalue weighted by Crippen LogP contribution is 2.12. The molecular formula is C13H18BN. The smallest absolute Gasteiger partial charge is 0.113 e. The summed E-state index contributed by atoms with van der Waals surface area (Å²) in [6.45, 7) is 8.02. The second kappa shape index (κ2) is 6.33. The van der Waals surface area contributed by atoms with E-state index < -0.39 is 0 Å². The first-order valence-corrected chi connectivity index (χ1v) is 5.49. The van der Waals surface area contributed by atoms with Gasteiger partial charge in [0.25, 0.3) is 0 Å². The van der Waals surface area contributed by atoms with Crippen LogP contribution in [0.25, 0.3) is 0 Å². The Balaban J connectivity index is 2.73. The molecule has 0 fully saturated rings. The van der Waals surface area contributed by atoms with Gasteiger partial charge in [-0.2, -0.15) is 0 Å². The van der Waals surface area contributed by atoms with Gasteiger partial charge in [0, 0.05) is 18.8 Å². The van der Waals surface area contributed by atoms with Crippen LogP contribution in [0.2, 0.25) is 0 Å². The highest BCUT2D eigenvalue weighted by Gasteiger charge is 2.03. The van der Waals surface area contributed by atoms with Gasteiger partial charge in [0.15, 0.2) is 0 Å². The highest BCUT2D eigenvalue weighted by atomic mass is 15.1. The molecule has 1 nitrogen and oxygen atoms in total. The normalized spacial score (nSPS) is 9.93. The summed E-state index contributed by atoms with van der Waals surface area (Å²) in [7, 11) is 5.77. The molecule has 0 atom stereocenters. The lowest BCUT2D eigenvalue weighted by atomic mass is 9.96. The molecule has 1 aromatic carbocycles. The van der Waals surface area contributed by atoms with Crippen LogP contribution >= 0.6 is 0 Å². The van der Waals surface area contributed by atoms with Crippen LogP contribution in [0.3, 0.4) is 0 Å². The van der Waals surface area contributed by atoms with E-state index in [2.05, 4.69) is 24.5 Å². The number of anilines is 1. The van der Waals surface area contributed by atoms with Gasteiger partial charge in [-0.3, -0.25) is 0 Å². The van der Waals surface area contributed by atoms with Crippen LogP contribution in [-0.4, -0.2) is 20.9 Å². The second-order valence-corrected chi connectivity index (χ2v) is 3.66. The van der Waals surface area contributed by atoms with Crippen molar-refractivity contribution in [3.8, 4) is 0 Å². The maximum Gasteiger partial charge on any atom is 0.113 e. The molecule has 0 aliphatic carbocycles. The molecule has 15 heavy (non-hydrogen) atoms. The van der Waals surface area contributed by atoms with Crippen molar-refractivity contribution in [1.82, 2.24) is 0 Å². The lowest BCUT2D eigenvalue weighted by Gasteiger charge is -2.24. The topological polar surface area (TPSA) is 3.24 Å². The molecule has 0 aliphatic rings. The Morgan fingerprint density at radius 2 is 2.20 bits per heavy atom. The Morgan fingerprint density at radius 1 is 1.40 bits per heavy atom. The van der Waals surface area contributed by atoms with Crippen LogP contribution in [0, 0.1) is 0 Å². The summed E-state index contributed by atoms with van der Waals surface area (Å²) in [5.41, 5.74) is 2.03. The molecule has 0 unspecified atom stereocenters. The minimum atomic E-state index is 0.826. The predicted molar refractivity (Wildman–Crippen MR) is 69.1 cm³/mol. The Hall–Kier alpha value is -1.18. The van der Waals surface area contributed by atoms with E-state index in [9.17, 15) is 0 Å². The molecule has 0 heterocycles. The Labute approximate surface area is 94.2 Å². The Kier molecular flexibility index (Phi) is 5.02. The molecule has 1 rings (SSSR count). The molecule has 0 saturated heterocycles. The fourth-order valence-electron chi connectivity index (χ4n) is 1.61. The average Bonchev–Trinajstić information content (AvgIpc) is 2.24. The first-order chi connectivity index (χ1) is 7.27. The highest BCUT2D eigenvalue weighted by molar-refractivity contribution is 6.32. The predicted octanol–water partition coefficient (Wildman–Crippen LogP) is 2.27. The van der Waals surface area contributed by atoms with E-state index in [1.807, 2.05) is 24.3 Å². The Morgan fingerprint density at radius 3 is 2.80 bits per heavy atom. The summed E-state index contributed by atoms with van der Waals surface area (Å²) in [4.78, 5) is 2.35. The van der Waals surface area contributed by atoms with Gasteiger partial charge in [0.2, 0.25) is 0 Å². The summed E-state index contributed by atoms with van der Waals surface area (Å²) in [5.74, 6) is 0. The zero-order chi connectivity index (χ0) is 11.1. The molecular weight excluding hydrogens is 181 g/mol. The van der Waals surface area contributed by atoms with Crippen molar-refractivity contribution < 1.29 is 0 Å². The van der Waals surface area contributed by atoms with Crippen molar-refractivity contribution in [2.75, 3.05) is 18.0 Å². The van der Waals surface area contributed by atoms with Gasteiger partial charge in [0.1, 0.15) is 7.85 Å². The van der Waals surface area contributed by atoms with E-state index in [0.717, 1.165) is 31.4 Å². The van der Waals surface area contributed by atoms with Gasteiger partial charge in [-0.1, -0.05) is 30.6 Å². The summed E-state index contributed by atoms with van der Waals surface area (Å²) >= 11 is 0. The fourth-order valence-corrected chi connectivity index (χ4v) is 1.61. The van der Waals surface area contributed by atoms with E-state index in [-0.39, 0.29) is 0 Å². The van der Waals surface area contributed by atoms with Gasteiger partial charge in [0.05, 0.1) is 0 Å². The van der Waals surface area contributed by atoms with Crippen molar-refractivity contribution in [2.24, 2.45) is 0 Å². The molecule has 78 valence electrons. The third-order valence-electron chi connectivity index (χ3n) is 2.33. The molecule has 0 N–H and O–H groups in total. The fraction of sp³-hybridized carbons (Fsp3) is 0.385. The maximum absolute atomic E-state index is 5.77. The van der Waals surface area contributed by atoms with Crippen molar-refractivity contribution in [1.29, 1.82) is 0 Å². The van der Waals surface area contributed by atoms with Gasteiger partial charge in [-0.25, -0.2) is 0 Å². The molecule has 0 aromatic heterocycles. The van der Waals surface area contributed by atoms with Crippen molar-refractivity contribution in [3.63, 3.8) is 0 Å². The van der Waals surface area contributed by atoms with Crippen LogP contribution in [0.15, 0.2) is 36.9 Å². The van der Waals surface area contributed by atoms with Gasteiger partial charge in [-0.05, 0) is 25.0 Å². The minimum Gasteiger partial charge on any atom is -0.371 e. The molecule has 0 spiro atoms. The van der Waals surface area contributed by atoms with Gasteiger partial charge >= 0.3 is 0 Å². The first kappa shape index (κ1) is 11.9. The van der Waals surface area contributed by atoms with Crippen LogP contribution in [0.5, 0.6) is 0 Å². The van der Waals surface area contributed by atoms with E-state index in [1.165, 1.54) is 5.69 Å². The average molecular weight is 199 g/mol. The van der Waals surface area contributed by atoms with Crippen LogP contribution in [-0.2, 0) is 0 Å². The number of hydrogen-bond acceptors (Lipinski definition) is 1. The summed E-state index contributed by atoms with van der Waals surface area (Å²) in [5, 5.41) is 0. The third-order valence-corrected chi connectivity index (χ3v) is 2.33. The maximum atomic E-state index is 5.77. The largest absolute Gasteiger partial charge is 0.371 e. The number of hydrogen-bond donors (Lipinski definition) is 0. The number of rotatable bonds is 6. The third kappa shape index (κ3) is 3.82. The molecule has 1 aromatic rings. The molecule has 0 aliphatic heterocycles. The SMILES string of the molecule is [B]c1cccc(N(CCC)CCC=C)c1. The monoisotopic (exact) mass is 199 g/mol. The summed E-state index contributed by atoms with van der Waals surface area (Å²) in [6.07, 6.45) is 4.11. The van der Waals surface area contributed by atoms with E-state index >= 15 is 0 Å². The molecule has 0 amide bonds. The first-order valence-electron chi connectivity index (χ1n) is 5.49. The van der Waals surface area contributed by atoms with Crippen molar-refractivity contribution >= 4 is 19.0 Å². The molecule has 0 bridgehead atoms. The number of nitrogens with zero attached hydrogens (tertiary/aromatic N) is 1. The lowest BCUT2D eigenvalue weighted by Crippen LogP contribution is -2.25. The van der Waals surface area contributed by atoms with Crippen molar-refractivity contribution in [2.45, 2.75) is 19.8 Å². The van der Waals surface area contributed by atoms with Crippen LogP contribution in [0.1, 0.15) is 19.8 Å². The zero-order valence-electron chi connectivity index (χ0n) is 9.45. The van der Waals surface area contributed by atoms with Crippen LogP contribution < -0.4 is 10.4 Å². The van der Waals surface area contributed by atoms with Crippen LogP contribution in [0.4, 0.5) is 5.69 Å². The van der Waals surface area contributed by atoms with E-state index in [0.29, 0.717) is 0 Å².